The fraction of sp³-hybridized carbons (Fsp3) is 1.00. The second-order valence-electron chi connectivity index (χ2n) is 2.95. The summed E-state index contributed by atoms with van der Waals surface area (Å²) in [5.41, 5.74) is 0. The minimum absolute atomic E-state index is 0.550. The molecular formula is C8H18NO+. The molecule has 1 rings (SSSR count). The van der Waals surface area contributed by atoms with Gasteiger partial charge >= 0.3 is 0 Å². The van der Waals surface area contributed by atoms with Crippen molar-refractivity contribution >= 4 is 0 Å². The number of hydrogen-bond donors (Lipinski definition) is 1. The maximum Gasteiger partial charge on any atom is 0.106 e. The molecule has 60 valence electrons. The van der Waals surface area contributed by atoms with Gasteiger partial charge in [-0.15, -0.1) is 0 Å². The Morgan fingerprint density at radius 1 is 1.60 bits per heavy atom. The molecule has 0 unspecified atom stereocenters. The highest BCUT2D eigenvalue weighted by Crippen LogP contribution is 2.02. The van der Waals surface area contributed by atoms with Gasteiger partial charge in [0, 0.05) is 6.61 Å². The summed E-state index contributed by atoms with van der Waals surface area (Å²) in [6.45, 7) is 5.58. The second kappa shape index (κ2) is 4.69. The van der Waals surface area contributed by atoms with E-state index in [1.165, 1.54) is 25.9 Å². The lowest BCUT2D eigenvalue weighted by atomic mass is 10.1. The maximum absolute atomic E-state index is 5.60. The third-order valence-electron chi connectivity index (χ3n) is 1.92. The summed E-state index contributed by atoms with van der Waals surface area (Å²) < 4.78 is 5.60. The van der Waals surface area contributed by atoms with E-state index in [1.807, 2.05) is 0 Å². The molecule has 1 saturated heterocycles. The van der Waals surface area contributed by atoms with Crippen LogP contribution in [0.1, 0.15) is 26.2 Å². The highest BCUT2D eigenvalue weighted by Gasteiger charge is 2.14. The van der Waals surface area contributed by atoms with Crippen molar-refractivity contribution < 1.29 is 10.1 Å². The monoisotopic (exact) mass is 144 g/mol. The average molecular weight is 144 g/mol. The normalized spacial score (nSPS) is 26.7. The van der Waals surface area contributed by atoms with Crippen LogP contribution in [0.5, 0.6) is 0 Å². The summed E-state index contributed by atoms with van der Waals surface area (Å²) in [5, 5.41) is 2.35. The number of nitrogens with two attached hydrogens (primary N) is 1. The Balaban J connectivity index is 2.02. The Hall–Kier alpha value is -0.0800. The Morgan fingerprint density at radius 3 is 3.10 bits per heavy atom. The van der Waals surface area contributed by atoms with Crippen LogP contribution in [-0.4, -0.2) is 25.8 Å². The first-order valence-electron chi connectivity index (χ1n) is 4.36. The summed E-state index contributed by atoms with van der Waals surface area (Å²) in [4.78, 5) is 0. The molecule has 0 saturated carbocycles. The maximum atomic E-state index is 5.60. The van der Waals surface area contributed by atoms with Crippen molar-refractivity contribution in [1.82, 2.24) is 0 Å². The van der Waals surface area contributed by atoms with Crippen LogP contribution in [0, 0.1) is 0 Å². The van der Waals surface area contributed by atoms with Gasteiger partial charge in [-0.1, -0.05) is 6.92 Å². The molecule has 0 bridgehead atoms. The molecule has 0 aromatic carbocycles. The van der Waals surface area contributed by atoms with E-state index in [0.717, 1.165) is 13.0 Å². The van der Waals surface area contributed by atoms with Crippen LogP contribution >= 0.6 is 0 Å². The zero-order valence-electron chi connectivity index (χ0n) is 6.81. The molecule has 2 nitrogen and oxygen atoms in total. The van der Waals surface area contributed by atoms with Crippen LogP contribution in [0.25, 0.3) is 0 Å². The van der Waals surface area contributed by atoms with Crippen LogP contribution in [0.15, 0.2) is 0 Å². The third kappa shape index (κ3) is 2.67. The summed E-state index contributed by atoms with van der Waals surface area (Å²) in [5.74, 6) is 0. The number of piperidine rings is 1. The zero-order chi connectivity index (χ0) is 7.23. The quantitative estimate of drug-likeness (QED) is 0.599. The topological polar surface area (TPSA) is 25.8 Å². The van der Waals surface area contributed by atoms with Gasteiger partial charge in [-0.2, -0.15) is 0 Å². The fourth-order valence-electron chi connectivity index (χ4n) is 1.35. The molecule has 1 aliphatic heterocycles. The molecule has 0 aromatic heterocycles. The summed E-state index contributed by atoms with van der Waals surface area (Å²) in [6, 6.07) is 0. The zero-order valence-corrected chi connectivity index (χ0v) is 6.81. The SMILES string of the molecule is CCCO[C@@H]1CCC[NH2+]C1. The Morgan fingerprint density at radius 2 is 2.50 bits per heavy atom. The van der Waals surface area contributed by atoms with Crippen LogP contribution < -0.4 is 5.32 Å². The summed E-state index contributed by atoms with van der Waals surface area (Å²) in [6.07, 6.45) is 4.30. The minimum atomic E-state index is 0.550. The van der Waals surface area contributed by atoms with E-state index in [4.69, 9.17) is 4.74 Å². The fourth-order valence-corrected chi connectivity index (χ4v) is 1.35. The molecule has 0 amide bonds. The van der Waals surface area contributed by atoms with E-state index >= 15 is 0 Å². The molecule has 1 atom stereocenters. The van der Waals surface area contributed by atoms with Crippen molar-refractivity contribution in [3.8, 4) is 0 Å². The van der Waals surface area contributed by atoms with Gasteiger partial charge in [0.05, 0.1) is 6.54 Å². The van der Waals surface area contributed by atoms with E-state index in [-0.39, 0.29) is 0 Å². The minimum Gasteiger partial charge on any atom is -0.372 e. The molecular weight excluding hydrogens is 126 g/mol. The number of hydrogen-bond acceptors (Lipinski definition) is 1. The van der Waals surface area contributed by atoms with Crippen molar-refractivity contribution in [3.05, 3.63) is 0 Å². The van der Waals surface area contributed by atoms with Gasteiger partial charge in [0.2, 0.25) is 0 Å². The van der Waals surface area contributed by atoms with Gasteiger partial charge in [0.1, 0.15) is 12.6 Å². The first-order chi connectivity index (χ1) is 4.93. The standard InChI is InChI=1S/C8H17NO/c1-2-6-10-8-4-3-5-9-7-8/h8-9H,2-7H2,1H3/p+1/t8-/m1/s1. The molecule has 1 heterocycles. The van der Waals surface area contributed by atoms with Crippen molar-refractivity contribution in [2.24, 2.45) is 0 Å². The molecule has 2 heteroatoms. The Labute approximate surface area is 63.0 Å². The third-order valence-corrected chi connectivity index (χ3v) is 1.92. The lowest BCUT2D eigenvalue weighted by molar-refractivity contribution is -0.669. The number of ether oxygens (including phenoxy) is 1. The molecule has 0 radical (unpaired) electrons. The van der Waals surface area contributed by atoms with Gasteiger partial charge in [-0.25, -0.2) is 0 Å². The number of rotatable bonds is 3. The van der Waals surface area contributed by atoms with E-state index in [0.29, 0.717) is 6.10 Å². The van der Waals surface area contributed by atoms with E-state index in [9.17, 15) is 0 Å². The van der Waals surface area contributed by atoms with Crippen molar-refractivity contribution in [2.45, 2.75) is 32.3 Å². The highest BCUT2D eigenvalue weighted by atomic mass is 16.5. The Bertz CT molecular complexity index is 79.3. The van der Waals surface area contributed by atoms with E-state index < -0.39 is 0 Å². The van der Waals surface area contributed by atoms with Gasteiger partial charge < -0.3 is 10.1 Å². The van der Waals surface area contributed by atoms with Crippen LogP contribution in [0.2, 0.25) is 0 Å². The lowest BCUT2D eigenvalue weighted by Crippen LogP contribution is -2.88. The largest absolute Gasteiger partial charge is 0.372 e. The summed E-state index contributed by atoms with van der Waals surface area (Å²) in [7, 11) is 0. The first kappa shape index (κ1) is 8.02. The highest BCUT2D eigenvalue weighted by molar-refractivity contribution is 4.58. The smallest absolute Gasteiger partial charge is 0.106 e. The van der Waals surface area contributed by atoms with E-state index in [1.54, 1.807) is 0 Å². The molecule has 0 aromatic rings. The second-order valence-corrected chi connectivity index (χ2v) is 2.95. The average Bonchev–Trinajstić information content (AvgIpc) is 2.03. The van der Waals surface area contributed by atoms with Gasteiger partial charge in [-0.3, -0.25) is 0 Å². The van der Waals surface area contributed by atoms with Gasteiger partial charge in [0.15, 0.2) is 0 Å². The van der Waals surface area contributed by atoms with Gasteiger partial charge in [-0.05, 0) is 19.3 Å². The van der Waals surface area contributed by atoms with Crippen LogP contribution in [0.3, 0.4) is 0 Å². The predicted octanol–water partition coefficient (Wildman–Crippen LogP) is 0.139. The molecule has 1 aliphatic rings. The summed E-state index contributed by atoms with van der Waals surface area (Å²) >= 11 is 0. The molecule has 0 spiro atoms. The molecule has 1 fully saturated rings. The Kier molecular flexibility index (Phi) is 3.76. The molecule has 0 aliphatic carbocycles. The first-order valence-corrected chi connectivity index (χ1v) is 4.36. The lowest BCUT2D eigenvalue weighted by Gasteiger charge is -2.19. The predicted molar refractivity (Wildman–Crippen MR) is 40.9 cm³/mol. The molecule has 10 heavy (non-hydrogen) atoms. The number of quaternary nitrogens is 1. The van der Waals surface area contributed by atoms with E-state index in [2.05, 4.69) is 12.2 Å². The van der Waals surface area contributed by atoms with Crippen LogP contribution in [0.4, 0.5) is 0 Å². The van der Waals surface area contributed by atoms with Crippen LogP contribution in [-0.2, 0) is 4.74 Å². The van der Waals surface area contributed by atoms with Crippen molar-refractivity contribution in [1.29, 1.82) is 0 Å². The van der Waals surface area contributed by atoms with Gasteiger partial charge in [0.25, 0.3) is 0 Å². The molecule has 2 N–H and O–H groups in total. The van der Waals surface area contributed by atoms with Crippen molar-refractivity contribution in [2.75, 3.05) is 19.7 Å². The van der Waals surface area contributed by atoms with Crippen molar-refractivity contribution in [3.63, 3.8) is 0 Å².